The maximum Gasteiger partial charge on any atom is 0.322 e. The van der Waals surface area contributed by atoms with Gasteiger partial charge in [0.05, 0.1) is 16.6 Å². The molecule has 1 aromatic carbocycles. The van der Waals surface area contributed by atoms with E-state index in [1.54, 1.807) is 28.5 Å². The number of hydrogen-bond acceptors (Lipinski definition) is 4. The quantitative estimate of drug-likeness (QED) is 0.548. The molecule has 0 bridgehead atoms. The molecule has 0 saturated carbocycles. The van der Waals surface area contributed by atoms with Crippen molar-refractivity contribution < 1.29 is 9.59 Å². The van der Waals surface area contributed by atoms with Crippen molar-refractivity contribution in [3.8, 4) is 0 Å². The Morgan fingerprint density at radius 3 is 2.48 bits per heavy atom. The molecule has 9 heteroatoms. The van der Waals surface area contributed by atoms with E-state index in [0.29, 0.717) is 52.0 Å². The van der Waals surface area contributed by atoms with Gasteiger partial charge in [0.1, 0.15) is 10.7 Å². The van der Waals surface area contributed by atoms with E-state index in [2.05, 4.69) is 15.6 Å². The van der Waals surface area contributed by atoms with Crippen LogP contribution in [0.25, 0.3) is 0 Å². The monoisotopic (exact) mass is 456 g/mol. The molecule has 1 heterocycles. The fourth-order valence-corrected chi connectivity index (χ4v) is 3.56. The number of hydrogen-bond donors (Lipinski definition) is 2. The lowest BCUT2D eigenvalue weighted by atomic mass is 10.2. The van der Waals surface area contributed by atoms with Gasteiger partial charge in [0.25, 0.3) is 5.91 Å². The zero-order valence-corrected chi connectivity index (χ0v) is 19.3. The minimum atomic E-state index is -0.266. The van der Waals surface area contributed by atoms with Gasteiger partial charge in [0.15, 0.2) is 0 Å². The van der Waals surface area contributed by atoms with E-state index < -0.39 is 0 Å². The highest BCUT2D eigenvalue weighted by molar-refractivity contribution is 7.09. The van der Waals surface area contributed by atoms with Crippen LogP contribution in [0, 0.1) is 11.8 Å². The molecule has 0 aliphatic carbocycles. The number of nitrogens with one attached hydrogen (secondary N) is 2. The topological polar surface area (TPSA) is 74.3 Å². The van der Waals surface area contributed by atoms with Crippen molar-refractivity contribution >= 4 is 52.2 Å². The molecule has 6 nitrogen and oxygen atoms in total. The summed E-state index contributed by atoms with van der Waals surface area (Å²) >= 11 is 13.3. The Bertz CT molecular complexity index is 855. The molecule has 2 rings (SSSR count). The SMILES string of the molecule is CC(C)CNC(=O)c1csc(CN(CC(C)C)C(=O)Nc2ccc(Cl)c(Cl)c2)n1. The summed E-state index contributed by atoms with van der Waals surface area (Å²) < 4.78 is 0. The summed E-state index contributed by atoms with van der Waals surface area (Å²) in [5, 5.41) is 8.91. The van der Waals surface area contributed by atoms with E-state index in [-0.39, 0.29) is 17.9 Å². The first-order valence-corrected chi connectivity index (χ1v) is 11.0. The van der Waals surface area contributed by atoms with Gasteiger partial charge in [-0.3, -0.25) is 4.79 Å². The summed E-state index contributed by atoms with van der Waals surface area (Å²) in [5.41, 5.74) is 0.936. The highest BCUT2D eigenvalue weighted by atomic mass is 35.5. The van der Waals surface area contributed by atoms with Crippen molar-refractivity contribution in [2.45, 2.75) is 34.2 Å². The van der Waals surface area contributed by atoms with Gasteiger partial charge in [-0.15, -0.1) is 11.3 Å². The van der Waals surface area contributed by atoms with E-state index in [1.807, 2.05) is 27.7 Å². The number of halogens is 2. The van der Waals surface area contributed by atoms with Crippen molar-refractivity contribution in [3.63, 3.8) is 0 Å². The Hall–Kier alpha value is -1.83. The molecular formula is C20H26Cl2N4O2S. The number of aromatic nitrogens is 1. The third-order valence-electron chi connectivity index (χ3n) is 3.82. The number of thiazole rings is 1. The van der Waals surface area contributed by atoms with Gasteiger partial charge in [0.2, 0.25) is 0 Å². The third kappa shape index (κ3) is 7.49. The van der Waals surface area contributed by atoms with Gasteiger partial charge < -0.3 is 15.5 Å². The van der Waals surface area contributed by atoms with Crippen LogP contribution < -0.4 is 10.6 Å². The summed E-state index contributed by atoms with van der Waals surface area (Å²) in [4.78, 5) is 31.0. The summed E-state index contributed by atoms with van der Waals surface area (Å²) in [6.45, 7) is 9.58. The fourth-order valence-electron chi connectivity index (χ4n) is 2.47. The van der Waals surface area contributed by atoms with Crippen LogP contribution in [0.5, 0.6) is 0 Å². The van der Waals surface area contributed by atoms with Crippen molar-refractivity contribution in [2.75, 3.05) is 18.4 Å². The van der Waals surface area contributed by atoms with Gasteiger partial charge in [-0.25, -0.2) is 9.78 Å². The molecule has 1 aromatic heterocycles. The average molecular weight is 457 g/mol. The number of carbonyl (C=O) groups excluding carboxylic acids is 2. The van der Waals surface area contributed by atoms with Gasteiger partial charge in [0, 0.05) is 24.2 Å². The maximum atomic E-state index is 12.8. The molecule has 3 amide bonds. The molecule has 0 atom stereocenters. The Labute approximate surface area is 185 Å². The summed E-state index contributed by atoms with van der Waals surface area (Å²) in [5.74, 6) is 0.434. The summed E-state index contributed by atoms with van der Waals surface area (Å²) in [6, 6.07) is 4.67. The van der Waals surface area contributed by atoms with Crippen LogP contribution in [0.4, 0.5) is 10.5 Å². The number of rotatable bonds is 8. The number of benzene rings is 1. The fraction of sp³-hybridized carbons (Fsp3) is 0.450. The van der Waals surface area contributed by atoms with Crippen molar-refractivity contribution in [2.24, 2.45) is 11.8 Å². The van der Waals surface area contributed by atoms with Crippen LogP contribution in [0.3, 0.4) is 0 Å². The maximum absolute atomic E-state index is 12.8. The van der Waals surface area contributed by atoms with Crippen molar-refractivity contribution in [1.29, 1.82) is 0 Å². The highest BCUT2D eigenvalue weighted by Gasteiger charge is 2.19. The van der Waals surface area contributed by atoms with Gasteiger partial charge in [-0.05, 0) is 30.0 Å². The Morgan fingerprint density at radius 2 is 1.86 bits per heavy atom. The molecule has 29 heavy (non-hydrogen) atoms. The highest BCUT2D eigenvalue weighted by Crippen LogP contribution is 2.25. The Kier molecular flexibility index (Phi) is 8.74. The predicted octanol–water partition coefficient (Wildman–Crippen LogP) is 5.53. The molecule has 2 aromatic rings. The largest absolute Gasteiger partial charge is 0.350 e. The number of nitrogens with zero attached hydrogens (tertiary/aromatic N) is 2. The molecule has 0 spiro atoms. The lowest BCUT2D eigenvalue weighted by Crippen LogP contribution is -2.37. The van der Waals surface area contributed by atoms with Gasteiger partial charge in [-0.2, -0.15) is 0 Å². The molecule has 0 aliphatic heterocycles. The van der Waals surface area contributed by atoms with E-state index in [1.165, 1.54) is 11.3 Å². The van der Waals surface area contributed by atoms with E-state index in [9.17, 15) is 9.59 Å². The van der Waals surface area contributed by atoms with Crippen molar-refractivity contribution in [1.82, 2.24) is 15.2 Å². The lowest BCUT2D eigenvalue weighted by Gasteiger charge is -2.24. The molecule has 158 valence electrons. The van der Waals surface area contributed by atoms with Crippen LogP contribution in [0.15, 0.2) is 23.6 Å². The van der Waals surface area contributed by atoms with E-state index >= 15 is 0 Å². The minimum Gasteiger partial charge on any atom is -0.350 e. The van der Waals surface area contributed by atoms with Crippen LogP contribution >= 0.6 is 34.5 Å². The lowest BCUT2D eigenvalue weighted by molar-refractivity contribution is 0.0944. The normalized spacial score (nSPS) is 11.0. The second kappa shape index (κ2) is 10.8. The van der Waals surface area contributed by atoms with Crippen LogP contribution in [0.1, 0.15) is 43.2 Å². The molecule has 0 fully saturated rings. The van der Waals surface area contributed by atoms with Crippen LogP contribution in [0.2, 0.25) is 10.0 Å². The number of carbonyl (C=O) groups is 2. The standard InChI is InChI=1S/C20H26Cl2N4O2S/c1-12(2)8-23-19(27)17-11-29-18(25-17)10-26(9-13(3)4)20(28)24-14-5-6-15(21)16(22)7-14/h5-7,11-13H,8-10H2,1-4H3,(H,23,27)(H,24,28). The number of amides is 3. The van der Waals surface area contributed by atoms with E-state index in [4.69, 9.17) is 23.2 Å². The average Bonchev–Trinajstić information content (AvgIpc) is 3.10. The summed E-state index contributed by atoms with van der Waals surface area (Å²) in [7, 11) is 0. The molecule has 0 saturated heterocycles. The molecule has 0 unspecified atom stereocenters. The summed E-state index contributed by atoms with van der Waals surface area (Å²) in [6.07, 6.45) is 0. The van der Waals surface area contributed by atoms with Gasteiger partial charge in [-0.1, -0.05) is 50.9 Å². The zero-order chi connectivity index (χ0) is 21.6. The minimum absolute atomic E-state index is 0.197. The first-order valence-electron chi connectivity index (χ1n) is 9.39. The molecular weight excluding hydrogens is 431 g/mol. The molecule has 0 aliphatic rings. The van der Waals surface area contributed by atoms with Gasteiger partial charge >= 0.3 is 6.03 Å². The second-order valence-corrected chi connectivity index (χ2v) is 9.32. The van der Waals surface area contributed by atoms with Crippen LogP contribution in [-0.4, -0.2) is 34.9 Å². The first kappa shape index (κ1) is 23.4. The zero-order valence-electron chi connectivity index (χ0n) is 17.0. The van der Waals surface area contributed by atoms with E-state index in [0.717, 1.165) is 0 Å². The first-order chi connectivity index (χ1) is 13.7. The Balaban J connectivity index is 2.07. The number of anilines is 1. The van der Waals surface area contributed by atoms with Crippen molar-refractivity contribution in [3.05, 3.63) is 44.3 Å². The third-order valence-corrected chi connectivity index (χ3v) is 5.40. The molecule has 2 N–H and O–H groups in total. The molecule has 0 radical (unpaired) electrons. The smallest absolute Gasteiger partial charge is 0.322 e. The second-order valence-electron chi connectivity index (χ2n) is 7.56. The Morgan fingerprint density at radius 1 is 1.14 bits per heavy atom. The number of urea groups is 1. The predicted molar refractivity (Wildman–Crippen MR) is 120 cm³/mol. The van der Waals surface area contributed by atoms with Crippen LogP contribution in [-0.2, 0) is 6.54 Å².